The second-order valence-corrected chi connectivity index (χ2v) is 11.8. The van der Waals surface area contributed by atoms with Crippen LogP contribution in [0.15, 0.2) is 182 Å². The molecule has 0 aliphatic carbocycles. The van der Waals surface area contributed by atoms with Gasteiger partial charge in [0.15, 0.2) is 0 Å². The van der Waals surface area contributed by atoms with Crippen LogP contribution in [0.4, 0.5) is 0 Å². The van der Waals surface area contributed by atoms with Gasteiger partial charge in [0, 0.05) is 0 Å². The van der Waals surface area contributed by atoms with E-state index in [9.17, 15) is 5.48 Å². The highest BCUT2D eigenvalue weighted by Gasteiger charge is 2.17. The molecule has 0 saturated carbocycles. The molecule has 0 atom stereocenters. The minimum atomic E-state index is -0.409. The molecule has 0 heterocycles. The van der Waals surface area contributed by atoms with Crippen LogP contribution >= 0.6 is 0 Å². The highest BCUT2D eigenvalue weighted by atomic mass is 14.2. The van der Waals surface area contributed by atoms with Crippen LogP contribution in [0.2, 0.25) is 0 Å². The van der Waals surface area contributed by atoms with Gasteiger partial charge >= 0.3 is 0 Å². The molecule has 47 heavy (non-hydrogen) atoms. The van der Waals surface area contributed by atoms with E-state index in [2.05, 4.69) is 30.3 Å². The van der Waals surface area contributed by atoms with Crippen LogP contribution in [0.3, 0.4) is 0 Å². The molecular formula is C47H32. The number of hydrogen-bond acceptors (Lipinski definition) is 0. The summed E-state index contributed by atoms with van der Waals surface area (Å²) in [6, 6.07) is 41.3. The molecule has 0 fully saturated rings. The first kappa shape index (κ1) is 20.2. The molecule has 0 aromatic heterocycles. The first-order valence-electron chi connectivity index (χ1n) is 19.7. The van der Waals surface area contributed by atoms with Crippen molar-refractivity contribution in [1.82, 2.24) is 0 Å². The fourth-order valence-corrected chi connectivity index (χ4v) is 7.06. The van der Waals surface area contributed by atoms with Gasteiger partial charge in [0.2, 0.25) is 0 Å². The molecule has 0 aliphatic rings. The van der Waals surface area contributed by atoms with Crippen molar-refractivity contribution in [2.45, 2.75) is 6.42 Å². The topological polar surface area (TPSA) is 0 Å². The summed E-state index contributed by atoms with van der Waals surface area (Å²) in [6.07, 6.45) is 0.156. The number of benzene rings is 9. The molecule has 0 nitrogen and oxygen atoms in total. The second kappa shape index (κ2) is 11.4. The van der Waals surface area contributed by atoms with E-state index < -0.39 is 24.2 Å². The number of rotatable bonds is 5. The third-order valence-electron chi connectivity index (χ3n) is 9.20. The van der Waals surface area contributed by atoms with E-state index in [4.69, 9.17) is 5.48 Å². The van der Waals surface area contributed by atoms with Gasteiger partial charge in [0.1, 0.15) is 0 Å². The number of hydrogen-bond donors (Lipinski definition) is 0. The third kappa shape index (κ3) is 4.69. The lowest BCUT2D eigenvalue weighted by Crippen LogP contribution is -1.97. The van der Waals surface area contributed by atoms with Crippen molar-refractivity contribution in [3.8, 4) is 33.4 Å². The van der Waals surface area contributed by atoms with E-state index in [-0.39, 0.29) is 52.1 Å². The normalized spacial score (nSPS) is 13.9. The minimum absolute atomic E-state index is 0.156. The summed E-state index contributed by atoms with van der Waals surface area (Å²) in [5.41, 5.74) is 6.16. The Morgan fingerprint density at radius 2 is 0.936 bits per heavy atom. The van der Waals surface area contributed by atoms with E-state index >= 15 is 0 Å². The monoisotopic (exact) mass is 604 g/mol. The molecule has 0 saturated heterocycles. The van der Waals surface area contributed by atoms with Crippen LogP contribution in [0.25, 0.3) is 76.5 Å². The summed E-state index contributed by atoms with van der Waals surface area (Å²) < 4.78 is 72.9. The minimum Gasteiger partial charge on any atom is -0.0622 e. The molecular weight excluding hydrogens is 565 g/mol. The van der Waals surface area contributed by atoms with Crippen LogP contribution in [0, 0.1) is 0 Å². The van der Waals surface area contributed by atoms with Gasteiger partial charge in [-0.15, -0.1) is 0 Å². The largest absolute Gasteiger partial charge is 0.0629 e. The van der Waals surface area contributed by atoms with Gasteiger partial charge in [-0.3, -0.25) is 0 Å². The predicted octanol–water partition coefficient (Wildman–Crippen LogP) is 12.9. The molecule has 220 valence electrons. The van der Waals surface area contributed by atoms with Gasteiger partial charge in [0.25, 0.3) is 0 Å². The molecule has 9 aromatic rings. The molecule has 0 N–H and O–H groups in total. The van der Waals surface area contributed by atoms with Gasteiger partial charge in [-0.2, -0.15) is 0 Å². The van der Waals surface area contributed by atoms with E-state index in [1.54, 1.807) is 0 Å². The standard InChI is InChI=1S/C47H32/c1-2-14-32(15-3-1)40-29-28-35(39-21-6-7-22-41(39)40)31-46-42-23-8-10-25-44(42)47(45-26-11-9-24-43(45)46)36-19-12-18-34(30-36)38-27-13-17-33-16-4-5-20-37(33)38/h1-30H,31H2/i8D,9D,10D,11D,23D,24D,25D,26D. The smallest absolute Gasteiger partial charge is 0.0622 e. The molecule has 0 unspecified atom stereocenters. The van der Waals surface area contributed by atoms with Crippen molar-refractivity contribution >= 4 is 43.1 Å². The first-order valence-corrected chi connectivity index (χ1v) is 15.7. The zero-order chi connectivity index (χ0) is 38.1. The Balaban J connectivity index is 1.40. The molecule has 0 radical (unpaired) electrons. The van der Waals surface area contributed by atoms with Crippen molar-refractivity contribution < 1.29 is 11.0 Å². The van der Waals surface area contributed by atoms with E-state index in [1.807, 2.05) is 103 Å². The molecule has 0 amide bonds. The van der Waals surface area contributed by atoms with Crippen molar-refractivity contribution in [3.63, 3.8) is 0 Å². The van der Waals surface area contributed by atoms with Crippen LogP contribution < -0.4 is 0 Å². The van der Waals surface area contributed by atoms with E-state index in [0.717, 1.165) is 49.4 Å². The average molecular weight is 605 g/mol. The highest BCUT2D eigenvalue weighted by Crippen LogP contribution is 2.42. The van der Waals surface area contributed by atoms with Crippen molar-refractivity contribution in [2.24, 2.45) is 0 Å². The summed E-state index contributed by atoms with van der Waals surface area (Å²) in [5.74, 6) is 0. The maximum absolute atomic E-state index is 9.38. The molecule has 9 rings (SSSR count). The Hall–Kier alpha value is -5.98. The Labute approximate surface area is 286 Å². The Kier molecular flexibility index (Phi) is 4.91. The van der Waals surface area contributed by atoms with Crippen LogP contribution in [0.5, 0.6) is 0 Å². The Morgan fingerprint density at radius 1 is 0.383 bits per heavy atom. The quantitative estimate of drug-likeness (QED) is 0.171. The fourth-order valence-electron chi connectivity index (χ4n) is 7.06. The third-order valence-corrected chi connectivity index (χ3v) is 9.20. The molecule has 0 bridgehead atoms. The maximum atomic E-state index is 9.38. The molecule has 0 aliphatic heterocycles. The molecule has 0 heteroatoms. The fraction of sp³-hybridized carbons (Fsp3) is 0.0213. The Bertz CT molecular complexity index is 2960. The van der Waals surface area contributed by atoms with Gasteiger partial charge < -0.3 is 0 Å². The summed E-state index contributed by atoms with van der Waals surface area (Å²) >= 11 is 0. The Morgan fingerprint density at radius 3 is 1.70 bits per heavy atom. The maximum Gasteiger partial charge on any atom is 0.0629 e. The average Bonchev–Trinajstić information content (AvgIpc) is 3.23. The lowest BCUT2D eigenvalue weighted by atomic mass is 9.84. The molecule has 0 spiro atoms. The highest BCUT2D eigenvalue weighted by molar-refractivity contribution is 6.15. The number of fused-ring (bicyclic) bond motifs is 4. The SMILES string of the molecule is [2H]c1c([2H])c([2H])c2c(-c3cccc(-c4cccc5ccccc45)c3)c3c([2H])c([2H])c([2H])c([2H])c3c(Cc3ccc(-c4ccccc4)c4ccccc34)c2c1[2H]. The summed E-state index contributed by atoms with van der Waals surface area (Å²) in [7, 11) is 0. The van der Waals surface area contributed by atoms with Gasteiger partial charge in [0.05, 0.1) is 11.0 Å². The second-order valence-electron chi connectivity index (χ2n) is 11.8. The van der Waals surface area contributed by atoms with Crippen molar-refractivity contribution in [1.29, 1.82) is 0 Å². The zero-order valence-corrected chi connectivity index (χ0v) is 25.4. The van der Waals surface area contributed by atoms with Crippen LogP contribution in [-0.2, 0) is 6.42 Å². The molecule has 9 aromatic carbocycles. The van der Waals surface area contributed by atoms with Gasteiger partial charge in [-0.25, -0.2) is 0 Å². The lowest BCUT2D eigenvalue weighted by Gasteiger charge is -2.19. The van der Waals surface area contributed by atoms with Crippen molar-refractivity contribution in [3.05, 3.63) is 193 Å². The van der Waals surface area contributed by atoms with Crippen molar-refractivity contribution in [2.75, 3.05) is 0 Å². The predicted molar refractivity (Wildman–Crippen MR) is 202 cm³/mol. The van der Waals surface area contributed by atoms with E-state index in [0.29, 0.717) is 16.7 Å². The summed E-state index contributed by atoms with van der Waals surface area (Å²) in [6.45, 7) is 0. The van der Waals surface area contributed by atoms with Gasteiger partial charge in [-0.1, -0.05) is 176 Å². The van der Waals surface area contributed by atoms with E-state index in [1.165, 1.54) is 0 Å². The van der Waals surface area contributed by atoms with Crippen LogP contribution in [-0.4, -0.2) is 0 Å². The zero-order valence-electron chi connectivity index (χ0n) is 33.4. The van der Waals surface area contributed by atoms with Gasteiger partial charge in [-0.05, 0) is 100 Å². The first-order chi connectivity index (χ1) is 26.7. The van der Waals surface area contributed by atoms with Crippen LogP contribution in [0.1, 0.15) is 22.1 Å². The summed E-state index contributed by atoms with van der Waals surface area (Å²) in [4.78, 5) is 0. The lowest BCUT2D eigenvalue weighted by molar-refractivity contribution is 1.26. The summed E-state index contributed by atoms with van der Waals surface area (Å²) in [5, 5.41) is 4.98.